The minimum absolute atomic E-state index is 0.300. The van der Waals surface area contributed by atoms with Gasteiger partial charge in [0.05, 0.1) is 7.11 Å². The number of methoxy groups -OCH3 is 1. The van der Waals surface area contributed by atoms with Gasteiger partial charge in [0.2, 0.25) is 0 Å². The third kappa shape index (κ3) is 6.25. The van der Waals surface area contributed by atoms with Crippen LogP contribution in [-0.2, 0) is 9.47 Å². The van der Waals surface area contributed by atoms with Crippen LogP contribution in [-0.4, -0.2) is 26.9 Å². The molecule has 0 aliphatic carbocycles. The second-order valence-electron chi connectivity index (χ2n) is 5.30. The van der Waals surface area contributed by atoms with Crippen molar-refractivity contribution in [3.63, 3.8) is 0 Å². The van der Waals surface area contributed by atoms with Crippen LogP contribution in [0.3, 0.4) is 0 Å². The van der Waals surface area contributed by atoms with Gasteiger partial charge >= 0.3 is 0 Å². The standard InChI is InChI=1S/C21H26O4/c1-4-23-21(24-5-2)18-10-8-17(9-11-18)7-6-16-25-20-14-12-19(22-3)13-15-20/h6-15,21H,4-5,16H2,1-3H3. The maximum absolute atomic E-state index is 5.67. The molecule has 0 N–H and O–H groups in total. The molecule has 25 heavy (non-hydrogen) atoms. The summed E-state index contributed by atoms with van der Waals surface area (Å²) in [5, 5.41) is 0. The minimum Gasteiger partial charge on any atom is -0.497 e. The Bertz CT molecular complexity index is 626. The summed E-state index contributed by atoms with van der Waals surface area (Å²) in [4.78, 5) is 0. The molecule has 0 radical (unpaired) electrons. The molecule has 2 aromatic carbocycles. The highest BCUT2D eigenvalue weighted by Gasteiger charge is 2.10. The van der Waals surface area contributed by atoms with Gasteiger partial charge < -0.3 is 18.9 Å². The molecule has 2 aromatic rings. The first-order valence-corrected chi connectivity index (χ1v) is 8.53. The van der Waals surface area contributed by atoms with E-state index in [1.54, 1.807) is 7.11 Å². The molecular weight excluding hydrogens is 316 g/mol. The largest absolute Gasteiger partial charge is 0.497 e. The van der Waals surface area contributed by atoms with E-state index in [0.717, 1.165) is 22.6 Å². The molecule has 0 atom stereocenters. The fraction of sp³-hybridized carbons (Fsp3) is 0.333. The van der Waals surface area contributed by atoms with E-state index in [1.807, 2.05) is 74.5 Å². The summed E-state index contributed by atoms with van der Waals surface area (Å²) in [6, 6.07) is 15.7. The van der Waals surface area contributed by atoms with E-state index in [1.165, 1.54) is 0 Å². The van der Waals surface area contributed by atoms with Crippen LogP contribution in [0.4, 0.5) is 0 Å². The summed E-state index contributed by atoms with van der Waals surface area (Å²) in [6.07, 6.45) is 3.72. The van der Waals surface area contributed by atoms with E-state index in [-0.39, 0.29) is 6.29 Å². The summed E-state index contributed by atoms with van der Waals surface area (Å²) < 4.78 is 22.0. The molecule has 0 saturated heterocycles. The summed E-state index contributed by atoms with van der Waals surface area (Å²) in [7, 11) is 1.65. The highest BCUT2D eigenvalue weighted by atomic mass is 16.7. The van der Waals surface area contributed by atoms with E-state index in [9.17, 15) is 0 Å². The van der Waals surface area contributed by atoms with Crippen LogP contribution in [0.1, 0.15) is 31.3 Å². The van der Waals surface area contributed by atoms with Crippen LogP contribution in [0.2, 0.25) is 0 Å². The zero-order valence-electron chi connectivity index (χ0n) is 15.1. The predicted molar refractivity (Wildman–Crippen MR) is 100.0 cm³/mol. The highest BCUT2D eigenvalue weighted by molar-refractivity contribution is 5.50. The van der Waals surface area contributed by atoms with E-state index < -0.39 is 0 Å². The fourth-order valence-electron chi connectivity index (χ4n) is 2.31. The fourth-order valence-corrected chi connectivity index (χ4v) is 2.31. The molecule has 4 nitrogen and oxygen atoms in total. The second kappa shape index (κ2) is 10.5. The van der Waals surface area contributed by atoms with Gasteiger partial charge in [-0.15, -0.1) is 0 Å². The van der Waals surface area contributed by atoms with Crippen molar-refractivity contribution in [2.45, 2.75) is 20.1 Å². The van der Waals surface area contributed by atoms with Gasteiger partial charge in [-0.2, -0.15) is 0 Å². The Hall–Kier alpha value is -2.30. The zero-order valence-corrected chi connectivity index (χ0v) is 15.1. The summed E-state index contributed by atoms with van der Waals surface area (Å²) in [5.74, 6) is 1.64. The average molecular weight is 342 g/mol. The molecule has 0 aromatic heterocycles. The molecule has 0 spiro atoms. The van der Waals surface area contributed by atoms with Crippen molar-refractivity contribution in [3.8, 4) is 11.5 Å². The number of rotatable bonds is 10. The van der Waals surface area contributed by atoms with Crippen LogP contribution in [0.25, 0.3) is 6.08 Å². The van der Waals surface area contributed by atoms with Crippen molar-refractivity contribution in [3.05, 3.63) is 65.7 Å². The number of benzene rings is 2. The summed E-state index contributed by atoms with van der Waals surface area (Å²) in [5.41, 5.74) is 2.13. The van der Waals surface area contributed by atoms with E-state index in [4.69, 9.17) is 18.9 Å². The van der Waals surface area contributed by atoms with Crippen molar-refractivity contribution in [1.82, 2.24) is 0 Å². The number of ether oxygens (including phenoxy) is 4. The predicted octanol–water partition coefficient (Wildman–Crippen LogP) is 4.86. The molecular formula is C21H26O4. The number of hydrogen-bond acceptors (Lipinski definition) is 4. The van der Waals surface area contributed by atoms with Crippen LogP contribution >= 0.6 is 0 Å². The Balaban J connectivity index is 1.86. The molecule has 0 heterocycles. The van der Waals surface area contributed by atoms with Gasteiger partial charge in [0.1, 0.15) is 18.1 Å². The molecule has 0 aliphatic heterocycles. The number of hydrogen-bond donors (Lipinski definition) is 0. The highest BCUT2D eigenvalue weighted by Crippen LogP contribution is 2.20. The van der Waals surface area contributed by atoms with Crippen molar-refractivity contribution in [2.24, 2.45) is 0 Å². The van der Waals surface area contributed by atoms with E-state index >= 15 is 0 Å². The first-order chi connectivity index (χ1) is 12.3. The lowest BCUT2D eigenvalue weighted by Gasteiger charge is -2.17. The summed E-state index contributed by atoms with van der Waals surface area (Å²) in [6.45, 7) is 5.68. The average Bonchev–Trinajstić information content (AvgIpc) is 2.66. The molecule has 0 fully saturated rings. The molecule has 0 bridgehead atoms. The lowest BCUT2D eigenvalue weighted by molar-refractivity contribution is -0.140. The van der Waals surface area contributed by atoms with E-state index in [2.05, 4.69) is 0 Å². The second-order valence-corrected chi connectivity index (χ2v) is 5.30. The molecule has 134 valence electrons. The Morgan fingerprint density at radius 2 is 1.44 bits per heavy atom. The molecule has 0 unspecified atom stereocenters. The SMILES string of the molecule is CCOC(OCC)c1ccc(C=CCOc2ccc(OC)cc2)cc1. The Labute approximate surface area is 150 Å². The quantitative estimate of drug-likeness (QED) is 0.578. The molecule has 4 heteroatoms. The maximum atomic E-state index is 5.67. The van der Waals surface area contributed by atoms with Gasteiger partial charge in [0.15, 0.2) is 6.29 Å². The smallest absolute Gasteiger partial charge is 0.183 e. The van der Waals surface area contributed by atoms with Crippen molar-refractivity contribution in [2.75, 3.05) is 26.9 Å². The van der Waals surface area contributed by atoms with Crippen LogP contribution in [0.5, 0.6) is 11.5 Å². The third-order valence-electron chi connectivity index (χ3n) is 3.56. The third-order valence-corrected chi connectivity index (χ3v) is 3.56. The van der Waals surface area contributed by atoms with Gasteiger partial charge in [0, 0.05) is 18.8 Å². The van der Waals surface area contributed by atoms with Gasteiger partial charge in [-0.05, 0) is 49.8 Å². The van der Waals surface area contributed by atoms with Gasteiger partial charge in [-0.3, -0.25) is 0 Å². The summed E-state index contributed by atoms with van der Waals surface area (Å²) >= 11 is 0. The van der Waals surface area contributed by atoms with Crippen LogP contribution in [0, 0.1) is 0 Å². The lowest BCUT2D eigenvalue weighted by atomic mass is 10.1. The molecule has 0 amide bonds. The molecule has 0 aliphatic rings. The topological polar surface area (TPSA) is 36.9 Å². The Morgan fingerprint density at radius 1 is 0.840 bits per heavy atom. The minimum atomic E-state index is -0.300. The van der Waals surface area contributed by atoms with Crippen molar-refractivity contribution >= 4 is 6.08 Å². The monoisotopic (exact) mass is 342 g/mol. The zero-order chi connectivity index (χ0) is 17.9. The normalized spacial score (nSPS) is 11.2. The first-order valence-electron chi connectivity index (χ1n) is 8.53. The van der Waals surface area contributed by atoms with Crippen LogP contribution in [0.15, 0.2) is 54.6 Å². The van der Waals surface area contributed by atoms with E-state index in [0.29, 0.717) is 19.8 Å². The Kier molecular flexibility index (Phi) is 8.02. The molecule has 0 saturated carbocycles. The van der Waals surface area contributed by atoms with Crippen molar-refractivity contribution < 1.29 is 18.9 Å². The lowest BCUT2D eigenvalue weighted by Crippen LogP contribution is -2.08. The van der Waals surface area contributed by atoms with Gasteiger partial charge in [-0.25, -0.2) is 0 Å². The Morgan fingerprint density at radius 3 is 2.00 bits per heavy atom. The maximum Gasteiger partial charge on any atom is 0.183 e. The van der Waals surface area contributed by atoms with Gasteiger partial charge in [-0.1, -0.05) is 30.3 Å². The van der Waals surface area contributed by atoms with Crippen molar-refractivity contribution in [1.29, 1.82) is 0 Å². The first kappa shape index (κ1) is 19.0. The molecule has 2 rings (SSSR count). The van der Waals surface area contributed by atoms with Gasteiger partial charge in [0.25, 0.3) is 0 Å². The van der Waals surface area contributed by atoms with Crippen LogP contribution < -0.4 is 9.47 Å².